The summed E-state index contributed by atoms with van der Waals surface area (Å²) in [6, 6.07) is 10.1. The maximum absolute atomic E-state index is 5.83. The normalized spacial score (nSPS) is 31.2. The average Bonchev–Trinajstić information content (AvgIpc) is 3.09. The van der Waals surface area contributed by atoms with Crippen LogP contribution in [0.1, 0.15) is 42.9 Å². The van der Waals surface area contributed by atoms with E-state index in [2.05, 4.69) is 34.5 Å². The summed E-state index contributed by atoms with van der Waals surface area (Å²) in [7, 11) is 0. The Morgan fingerprint density at radius 2 is 1.95 bits per heavy atom. The number of hydrogen-bond donors (Lipinski definition) is 1. The molecule has 0 amide bonds. The lowest BCUT2D eigenvalue weighted by Gasteiger charge is -2.41. The zero-order valence-electron chi connectivity index (χ0n) is 12.8. The zero-order chi connectivity index (χ0) is 14.1. The first-order valence-electron chi connectivity index (χ1n) is 8.55. The second-order valence-corrected chi connectivity index (χ2v) is 6.81. The highest BCUT2D eigenvalue weighted by Gasteiger charge is 2.33. The Balaban J connectivity index is 1.42. The van der Waals surface area contributed by atoms with Crippen molar-refractivity contribution >= 4 is 0 Å². The van der Waals surface area contributed by atoms with E-state index in [1.54, 1.807) is 0 Å². The molecule has 114 valence electrons. The number of fused-ring (bicyclic) bond motifs is 1. The molecule has 2 atom stereocenters. The van der Waals surface area contributed by atoms with E-state index < -0.39 is 0 Å². The van der Waals surface area contributed by atoms with Crippen molar-refractivity contribution in [2.45, 2.75) is 44.4 Å². The highest BCUT2D eigenvalue weighted by molar-refractivity contribution is 5.31. The second kappa shape index (κ2) is 6.07. The number of hydrogen-bond acceptors (Lipinski definition) is 3. The molecule has 3 aliphatic rings. The predicted octanol–water partition coefficient (Wildman–Crippen LogP) is 2.72. The Labute approximate surface area is 127 Å². The SMILES string of the molecule is c1ccc2c(c1)COCC2N1CCC(C2CCCN2)CC1. The van der Waals surface area contributed by atoms with Gasteiger partial charge in [0.25, 0.3) is 0 Å². The van der Waals surface area contributed by atoms with Gasteiger partial charge in [-0.3, -0.25) is 4.90 Å². The quantitative estimate of drug-likeness (QED) is 0.905. The first-order valence-corrected chi connectivity index (χ1v) is 8.55. The van der Waals surface area contributed by atoms with Gasteiger partial charge in [0.05, 0.1) is 19.3 Å². The Bertz CT molecular complexity index is 476. The third-order valence-corrected chi connectivity index (χ3v) is 5.63. The van der Waals surface area contributed by atoms with Gasteiger partial charge in [0, 0.05) is 6.04 Å². The van der Waals surface area contributed by atoms with Crippen LogP contribution in [-0.4, -0.2) is 37.2 Å². The van der Waals surface area contributed by atoms with Gasteiger partial charge in [-0.25, -0.2) is 0 Å². The molecular weight excluding hydrogens is 260 g/mol. The molecule has 0 saturated carbocycles. The van der Waals surface area contributed by atoms with E-state index in [4.69, 9.17) is 4.74 Å². The summed E-state index contributed by atoms with van der Waals surface area (Å²) in [5.41, 5.74) is 2.88. The van der Waals surface area contributed by atoms with Crippen molar-refractivity contribution in [3.8, 4) is 0 Å². The van der Waals surface area contributed by atoms with Crippen LogP contribution >= 0.6 is 0 Å². The van der Waals surface area contributed by atoms with Crippen LogP contribution in [0.2, 0.25) is 0 Å². The van der Waals surface area contributed by atoms with Gasteiger partial charge in [0.2, 0.25) is 0 Å². The standard InChI is InChI=1S/C18H26N2O/c1-2-5-16-15(4-1)12-21-13-18(16)20-10-7-14(8-11-20)17-6-3-9-19-17/h1-2,4-5,14,17-19H,3,6-13H2. The minimum Gasteiger partial charge on any atom is -0.375 e. The molecule has 3 nitrogen and oxygen atoms in total. The van der Waals surface area contributed by atoms with Crippen LogP contribution in [0.5, 0.6) is 0 Å². The number of rotatable bonds is 2. The zero-order valence-corrected chi connectivity index (χ0v) is 12.8. The van der Waals surface area contributed by atoms with E-state index >= 15 is 0 Å². The lowest BCUT2D eigenvalue weighted by Crippen LogP contribution is -2.44. The minimum atomic E-state index is 0.479. The van der Waals surface area contributed by atoms with E-state index in [1.165, 1.54) is 56.4 Å². The maximum Gasteiger partial charge on any atom is 0.0721 e. The molecule has 3 heterocycles. The van der Waals surface area contributed by atoms with Crippen LogP contribution in [0.4, 0.5) is 0 Å². The maximum atomic E-state index is 5.83. The van der Waals surface area contributed by atoms with Crippen molar-refractivity contribution in [1.29, 1.82) is 0 Å². The predicted molar refractivity (Wildman–Crippen MR) is 84.2 cm³/mol. The van der Waals surface area contributed by atoms with E-state index in [1.807, 2.05) is 0 Å². The van der Waals surface area contributed by atoms with E-state index in [9.17, 15) is 0 Å². The highest BCUT2D eigenvalue weighted by atomic mass is 16.5. The van der Waals surface area contributed by atoms with Gasteiger partial charge in [-0.1, -0.05) is 24.3 Å². The third-order valence-electron chi connectivity index (χ3n) is 5.63. The van der Waals surface area contributed by atoms with Crippen molar-refractivity contribution in [2.75, 3.05) is 26.2 Å². The number of nitrogens with one attached hydrogen (secondary N) is 1. The van der Waals surface area contributed by atoms with Crippen molar-refractivity contribution in [3.63, 3.8) is 0 Å². The van der Waals surface area contributed by atoms with Crippen LogP contribution in [-0.2, 0) is 11.3 Å². The average molecular weight is 286 g/mol. The molecule has 2 unspecified atom stereocenters. The van der Waals surface area contributed by atoms with Crippen molar-refractivity contribution < 1.29 is 4.74 Å². The molecule has 3 aliphatic heterocycles. The lowest BCUT2D eigenvalue weighted by molar-refractivity contribution is 0.0158. The second-order valence-electron chi connectivity index (χ2n) is 6.81. The highest BCUT2D eigenvalue weighted by Crippen LogP contribution is 2.34. The number of benzene rings is 1. The number of nitrogens with zero attached hydrogens (tertiary/aromatic N) is 1. The van der Waals surface area contributed by atoms with E-state index in [0.717, 1.165) is 25.2 Å². The van der Waals surface area contributed by atoms with Gasteiger partial charge in [-0.2, -0.15) is 0 Å². The fourth-order valence-electron chi connectivity index (χ4n) is 4.41. The summed E-state index contributed by atoms with van der Waals surface area (Å²) < 4.78 is 5.83. The molecular formula is C18H26N2O. The molecule has 0 spiro atoms. The lowest BCUT2D eigenvalue weighted by atomic mass is 9.87. The largest absolute Gasteiger partial charge is 0.375 e. The summed E-state index contributed by atoms with van der Waals surface area (Å²) in [5, 5.41) is 3.69. The molecule has 2 fully saturated rings. The van der Waals surface area contributed by atoms with Crippen molar-refractivity contribution in [1.82, 2.24) is 10.2 Å². The molecule has 1 N–H and O–H groups in total. The monoisotopic (exact) mass is 286 g/mol. The molecule has 3 heteroatoms. The molecule has 2 saturated heterocycles. The smallest absolute Gasteiger partial charge is 0.0721 e. The Kier molecular flexibility index (Phi) is 3.97. The summed E-state index contributed by atoms with van der Waals surface area (Å²) in [4.78, 5) is 2.66. The van der Waals surface area contributed by atoms with Crippen LogP contribution < -0.4 is 5.32 Å². The van der Waals surface area contributed by atoms with Gasteiger partial charge >= 0.3 is 0 Å². The van der Waals surface area contributed by atoms with Crippen molar-refractivity contribution in [3.05, 3.63) is 35.4 Å². The topological polar surface area (TPSA) is 24.5 Å². The Morgan fingerprint density at radius 1 is 1.10 bits per heavy atom. The molecule has 0 bridgehead atoms. The fraction of sp³-hybridized carbons (Fsp3) is 0.667. The number of ether oxygens (including phenoxy) is 1. The van der Waals surface area contributed by atoms with Crippen LogP contribution in [0.3, 0.4) is 0 Å². The molecule has 21 heavy (non-hydrogen) atoms. The van der Waals surface area contributed by atoms with Gasteiger partial charge in [-0.15, -0.1) is 0 Å². The summed E-state index contributed by atoms with van der Waals surface area (Å²) in [6.45, 7) is 5.34. The first kappa shape index (κ1) is 13.7. The molecule has 4 rings (SSSR count). The van der Waals surface area contributed by atoms with Gasteiger partial charge < -0.3 is 10.1 Å². The van der Waals surface area contributed by atoms with Crippen LogP contribution in [0, 0.1) is 5.92 Å². The van der Waals surface area contributed by atoms with E-state index in [-0.39, 0.29) is 0 Å². The number of piperidine rings is 1. The van der Waals surface area contributed by atoms with Gasteiger partial charge in [-0.05, 0) is 62.4 Å². The Morgan fingerprint density at radius 3 is 2.76 bits per heavy atom. The molecule has 0 aromatic heterocycles. The molecule has 0 aliphatic carbocycles. The van der Waals surface area contributed by atoms with E-state index in [0.29, 0.717) is 6.04 Å². The van der Waals surface area contributed by atoms with Crippen LogP contribution in [0.25, 0.3) is 0 Å². The fourth-order valence-corrected chi connectivity index (χ4v) is 4.41. The summed E-state index contributed by atoms with van der Waals surface area (Å²) in [5.74, 6) is 0.892. The summed E-state index contributed by atoms with van der Waals surface area (Å²) in [6.07, 6.45) is 5.45. The van der Waals surface area contributed by atoms with Crippen molar-refractivity contribution in [2.24, 2.45) is 5.92 Å². The van der Waals surface area contributed by atoms with Gasteiger partial charge in [0.15, 0.2) is 0 Å². The Hall–Kier alpha value is -0.900. The third kappa shape index (κ3) is 2.75. The number of likely N-dealkylation sites (tertiary alicyclic amines) is 1. The molecule has 1 aromatic rings. The van der Waals surface area contributed by atoms with Gasteiger partial charge in [0.1, 0.15) is 0 Å². The molecule has 0 radical (unpaired) electrons. The van der Waals surface area contributed by atoms with Crippen LogP contribution in [0.15, 0.2) is 24.3 Å². The first-order chi connectivity index (χ1) is 10.4. The summed E-state index contributed by atoms with van der Waals surface area (Å²) >= 11 is 0. The minimum absolute atomic E-state index is 0.479. The molecule has 1 aromatic carbocycles.